The Morgan fingerprint density at radius 1 is 1.53 bits per heavy atom. The van der Waals surface area contributed by atoms with Gasteiger partial charge in [-0.25, -0.2) is 8.42 Å². The van der Waals surface area contributed by atoms with Crippen molar-refractivity contribution in [3.05, 3.63) is 0 Å². The summed E-state index contributed by atoms with van der Waals surface area (Å²) < 4.78 is 22.2. The number of rotatable bonds is 6. The van der Waals surface area contributed by atoms with Crippen LogP contribution in [0, 0.1) is 11.3 Å². The Hall–Kier alpha value is -0.250. The van der Waals surface area contributed by atoms with E-state index in [9.17, 15) is 13.7 Å². The van der Waals surface area contributed by atoms with E-state index >= 15 is 0 Å². The Labute approximate surface area is 121 Å². The van der Waals surface area contributed by atoms with Crippen LogP contribution in [-0.4, -0.2) is 43.0 Å². The normalized spacial score (nSPS) is 28.3. The SMILES string of the molecule is CC(C)NC1(C#N)CCCC(SCCS(C)(=O)=O)C1. The van der Waals surface area contributed by atoms with Gasteiger partial charge in [0.2, 0.25) is 0 Å². The molecule has 0 aromatic carbocycles. The van der Waals surface area contributed by atoms with E-state index in [1.54, 1.807) is 11.8 Å². The quantitative estimate of drug-likeness (QED) is 0.812. The maximum atomic E-state index is 11.1. The third kappa shape index (κ3) is 6.15. The van der Waals surface area contributed by atoms with E-state index < -0.39 is 15.4 Å². The van der Waals surface area contributed by atoms with Crippen molar-refractivity contribution in [1.82, 2.24) is 5.32 Å². The highest BCUT2D eigenvalue weighted by Crippen LogP contribution is 2.35. The molecule has 1 N–H and O–H groups in total. The Morgan fingerprint density at radius 3 is 2.74 bits per heavy atom. The lowest BCUT2D eigenvalue weighted by Gasteiger charge is -2.37. The second-order valence-corrected chi connectivity index (χ2v) is 9.38. The predicted molar refractivity (Wildman–Crippen MR) is 81.0 cm³/mol. The minimum absolute atomic E-state index is 0.228. The number of thioether (sulfide) groups is 1. The molecule has 0 aromatic rings. The minimum Gasteiger partial charge on any atom is -0.297 e. The Kier molecular flexibility index (Phi) is 6.15. The van der Waals surface area contributed by atoms with E-state index in [4.69, 9.17) is 0 Å². The molecule has 0 heterocycles. The largest absolute Gasteiger partial charge is 0.297 e. The van der Waals surface area contributed by atoms with Gasteiger partial charge in [0.15, 0.2) is 0 Å². The van der Waals surface area contributed by atoms with E-state index in [1.165, 1.54) is 6.26 Å². The summed E-state index contributed by atoms with van der Waals surface area (Å²) in [5.74, 6) is 0.859. The molecule has 0 spiro atoms. The predicted octanol–water partition coefficient (Wildman–Crippen LogP) is 1.97. The molecule has 1 aliphatic rings. The number of hydrogen-bond donors (Lipinski definition) is 1. The molecule has 2 atom stereocenters. The zero-order chi connectivity index (χ0) is 14.5. The summed E-state index contributed by atoms with van der Waals surface area (Å²) in [7, 11) is -2.88. The van der Waals surface area contributed by atoms with E-state index in [0.29, 0.717) is 17.0 Å². The Morgan fingerprint density at radius 2 is 2.21 bits per heavy atom. The van der Waals surface area contributed by atoms with E-state index in [0.717, 1.165) is 25.7 Å². The van der Waals surface area contributed by atoms with Gasteiger partial charge in [-0.1, -0.05) is 0 Å². The lowest BCUT2D eigenvalue weighted by Crippen LogP contribution is -2.51. The molecule has 1 aliphatic carbocycles. The molecule has 0 radical (unpaired) electrons. The van der Waals surface area contributed by atoms with Crippen molar-refractivity contribution < 1.29 is 8.42 Å². The lowest BCUT2D eigenvalue weighted by atomic mass is 9.82. The molecule has 0 bridgehead atoms. The van der Waals surface area contributed by atoms with Gasteiger partial charge in [0, 0.05) is 23.3 Å². The minimum atomic E-state index is -2.88. The van der Waals surface area contributed by atoms with E-state index in [-0.39, 0.29) is 5.75 Å². The fraction of sp³-hybridized carbons (Fsp3) is 0.923. The summed E-state index contributed by atoms with van der Waals surface area (Å²) in [6, 6.07) is 2.73. The average Bonchev–Trinajstić information content (AvgIpc) is 2.27. The molecule has 0 amide bonds. The lowest BCUT2D eigenvalue weighted by molar-refractivity contribution is 0.284. The summed E-state index contributed by atoms with van der Waals surface area (Å²) in [5, 5.41) is 13.2. The molecular weight excluding hydrogens is 280 g/mol. The van der Waals surface area contributed by atoms with Gasteiger partial charge in [0.1, 0.15) is 15.4 Å². The van der Waals surface area contributed by atoms with Gasteiger partial charge in [-0.15, -0.1) is 0 Å². The zero-order valence-electron chi connectivity index (χ0n) is 12.0. The standard InChI is InChI=1S/C13H24N2O2S2/c1-11(2)15-13(10-14)6-4-5-12(9-13)18-7-8-19(3,16)17/h11-12,15H,4-9H2,1-3H3. The van der Waals surface area contributed by atoms with Crippen molar-refractivity contribution >= 4 is 21.6 Å². The maximum Gasteiger partial charge on any atom is 0.148 e. The Balaban J connectivity index is 2.51. The molecule has 110 valence electrons. The van der Waals surface area contributed by atoms with Crippen LogP contribution < -0.4 is 5.32 Å². The first-order chi connectivity index (χ1) is 8.76. The molecule has 1 saturated carbocycles. The van der Waals surface area contributed by atoms with Crippen LogP contribution >= 0.6 is 11.8 Å². The molecule has 1 rings (SSSR count). The molecule has 4 nitrogen and oxygen atoms in total. The van der Waals surface area contributed by atoms with Crippen molar-refractivity contribution in [2.24, 2.45) is 0 Å². The first-order valence-corrected chi connectivity index (χ1v) is 9.85. The van der Waals surface area contributed by atoms with Crippen molar-refractivity contribution in [1.29, 1.82) is 5.26 Å². The van der Waals surface area contributed by atoms with Gasteiger partial charge >= 0.3 is 0 Å². The average molecular weight is 304 g/mol. The number of nitrogens with one attached hydrogen (secondary N) is 1. The van der Waals surface area contributed by atoms with Crippen LogP contribution in [0.3, 0.4) is 0 Å². The van der Waals surface area contributed by atoms with Crippen LogP contribution in [0.15, 0.2) is 0 Å². The van der Waals surface area contributed by atoms with E-state index in [2.05, 4.69) is 25.2 Å². The monoisotopic (exact) mass is 304 g/mol. The van der Waals surface area contributed by atoms with Crippen LogP contribution in [0.25, 0.3) is 0 Å². The molecule has 0 saturated heterocycles. The fourth-order valence-electron chi connectivity index (χ4n) is 2.55. The van der Waals surface area contributed by atoms with Gasteiger partial charge in [-0.2, -0.15) is 17.0 Å². The number of nitrogens with zero attached hydrogens (tertiary/aromatic N) is 1. The van der Waals surface area contributed by atoms with Crippen molar-refractivity contribution in [3.63, 3.8) is 0 Å². The van der Waals surface area contributed by atoms with Gasteiger partial charge in [-0.3, -0.25) is 5.32 Å². The molecule has 1 fully saturated rings. The summed E-state index contributed by atoms with van der Waals surface area (Å²) in [4.78, 5) is 0. The second-order valence-electron chi connectivity index (χ2n) is 5.71. The molecule has 19 heavy (non-hydrogen) atoms. The molecular formula is C13H24N2O2S2. The van der Waals surface area contributed by atoms with Crippen LogP contribution in [0.1, 0.15) is 39.5 Å². The van der Waals surface area contributed by atoms with Crippen LogP contribution in [0.4, 0.5) is 0 Å². The summed E-state index contributed by atoms with van der Waals surface area (Å²) in [5.41, 5.74) is -0.421. The molecule has 0 aromatic heterocycles. The van der Waals surface area contributed by atoms with Crippen molar-refractivity contribution in [2.45, 2.75) is 56.4 Å². The topological polar surface area (TPSA) is 70.0 Å². The summed E-state index contributed by atoms with van der Waals surface area (Å²) in [6.07, 6.45) is 5.09. The van der Waals surface area contributed by atoms with Crippen molar-refractivity contribution in [2.75, 3.05) is 17.8 Å². The Bertz CT molecular complexity index is 428. The zero-order valence-corrected chi connectivity index (χ0v) is 13.6. The number of sulfone groups is 1. The third-order valence-corrected chi connectivity index (χ3v) is 5.81. The first-order valence-electron chi connectivity index (χ1n) is 6.75. The van der Waals surface area contributed by atoms with E-state index in [1.807, 2.05) is 0 Å². The fourth-order valence-corrected chi connectivity index (χ4v) is 5.22. The smallest absolute Gasteiger partial charge is 0.148 e. The molecule has 6 heteroatoms. The van der Waals surface area contributed by atoms with Crippen molar-refractivity contribution in [3.8, 4) is 6.07 Å². The number of hydrogen-bond acceptors (Lipinski definition) is 5. The molecule has 0 aliphatic heterocycles. The van der Waals surface area contributed by atoms with Gasteiger partial charge in [0.25, 0.3) is 0 Å². The highest BCUT2D eigenvalue weighted by molar-refractivity contribution is 8.01. The van der Waals surface area contributed by atoms with Crippen LogP contribution in [0.5, 0.6) is 0 Å². The molecule has 2 unspecified atom stereocenters. The third-order valence-electron chi connectivity index (χ3n) is 3.29. The highest BCUT2D eigenvalue weighted by Gasteiger charge is 2.36. The van der Waals surface area contributed by atoms with Gasteiger partial charge in [-0.05, 0) is 39.5 Å². The summed E-state index contributed by atoms with van der Waals surface area (Å²) in [6.45, 7) is 4.11. The van der Waals surface area contributed by atoms with Gasteiger partial charge in [0.05, 0.1) is 11.8 Å². The number of nitriles is 1. The van der Waals surface area contributed by atoms with Crippen LogP contribution in [0.2, 0.25) is 0 Å². The van der Waals surface area contributed by atoms with Crippen LogP contribution in [-0.2, 0) is 9.84 Å². The van der Waals surface area contributed by atoms with Gasteiger partial charge < -0.3 is 0 Å². The highest BCUT2D eigenvalue weighted by atomic mass is 32.2. The summed E-state index contributed by atoms with van der Waals surface area (Å²) >= 11 is 1.70. The second kappa shape index (κ2) is 6.96. The maximum absolute atomic E-state index is 11.1. The first kappa shape index (κ1) is 16.8.